The monoisotopic (exact) mass is 365 g/mol. The first-order chi connectivity index (χ1) is 11.9. The largest absolute Gasteiger partial charge is 0.465 e. The zero-order valence-corrected chi connectivity index (χ0v) is 15.3. The van der Waals surface area contributed by atoms with Crippen molar-refractivity contribution < 1.29 is 19.2 Å². The number of nitrogens with zero attached hydrogens (tertiary/aromatic N) is 3. The number of hydrogen-bond donors (Lipinski definition) is 1. The van der Waals surface area contributed by atoms with Crippen molar-refractivity contribution in [1.29, 1.82) is 0 Å². The summed E-state index contributed by atoms with van der Waals surface area (Å²) in [7, 11) is 3.40. The van der Waals surface area contributed by atoms with Gasteiger partial charge in [-0.25, -0.2) is 9.78 Å². The second kappa shape index (κ2) is 6.93. The number of aryl methyl sites for hydroxylation is 1. The topological polar surface area (TPSA) is 85.9 Å². The number of esters is 1. The second-order valence-electron chi connectivity index (χ2n) is 6.24. The van der Waals surface area contributed by atoms with Crippen molar-refractivity contribution in [2.75, 3.05) is 40.3 Å². The highest BCUT2D eigenvalue weighted by Crippen LogP contribution is 2.27. The molecule has 1 saturated heterocycles. The Balaban J connectivity index is 1.89. The van der Waals surface area contributed by atoms with Gasteiger partial charge in [-0.15, -0.1) is 11.3 Å². The van der Waals surface area contributed by atoms with Crippen molar-refractivity contribution in [2.45, 2.75) is 13.5 Å². The van der Waals surface area contributed by atoms with Gasteiger partial charge in [-0.2, -0.15) is 0 Å². The Morgan fingerprint density at radius 2 is 2.04 bits per heavy atom. The number of likely N-dealkylation sites (N-methyl/N-ethyl adjacent to an activating group) is 1. The van der Waals surface area contributed by atoms with Crippen molar-refractivity contribution in [3.63, 3.8) is 0 Å². The van der Waals surface area contributed by atoms with E-state index >= 15 is 0 Å². The molecule has 1 amide bonds. The van der Waals surface area contributed by atoms with Crippen LogP contribution in [0, 0.1) is 6.92 Å². The number of quaternary nitrogens is 1. The van der Waals surface area contributed by atoms with Crippen molar-refractivity contribution >= 4 is 33.4 Å². The molecule has 1 N–H and O–H groups in total. The third-order valence-corrected chi connectivity index (χ3v) is 5.74. The van der Waals surface area contributed by atoms with E-state index in [0.717, 1.165) is 24.4 Å². The Hall–Kier alpha value is -2.26. The Bertz CT molecular complexity index is 880. The van der Waals surface area contributed by atoms with Crippen LogP contribution < -0.4 is 10.5 Å². The molecule has 0 atom stereocenters. The van der Waals surface area contributed by atoms with E-state index in [-0.39, 0.29) is 18.0 Å². The van der Waals surface area contributed by atoms with Crippen LogP contribution in [-0.4, -0.2) is 66.7 Å². The van der Waals surface area contributed by atoms with E-state index in [1.54, 1.807) is 11.8 Å². The van der Waals surface area contributed by atoms with E-state index in [4.69, 9.17) is 4.74 Å². The lowest BCUT2D eigenvalue weighted by atomic mass is 10.2. The molecule has 1 aliphatic heterocycles. The highest BCUT2D eigenvalue weighted by atomic mass is 32.1. The molecule has 0 aromatic carbocycles. The number of piperazine rings is 1. The third kappa shape index (κ3) is 3.29. The van der Waals surface area contributed by atoms with E-state index in [2.05, 4.69) is 12.0 Å². The lowest BCUT2D eigenvalue weighted by molar-refractivity contribution is -0.883. The molecule has 9 heteroatoms. The van der Waals surface area contributed by atoms with Gasteiger partial charge >= 0.3 is 5.97 Å². The number of carbonyl (C=O) groups excluding carboxylic acids is 2. The van der Waals surface area contributed by atoms with E-state index in [1.165, 1.54) is 22.9 Å². The molecular weight excluding hydrogens is 344 g/mol. The predicted octanol–water partition coefficient (Wildman–Crippen LogP) is -1.09. The average molecular weight is 365 g/mol. The van der Waals surface area contributed by atoms with Gasteiger partial charge in [0.25, 0.3) is 5.56 Å². The maximum absolute atomic E-state index is 12.7. The van der Waals surface area contributed by atoms with Gasteiger partial charge in [0.15, 0.2) is 0 Å². The minimum absolute atomic E-state index is 0.0380. The summed E-state index contributed by atoms with van der Waals surface area (Å²) in [5.41, 5.74) is 0.247. The fourth-order valence-electron chi connectivity index (χ4n) is 2.94. The van der Waals surface area contributed by atoms with E-state index < -0.39 is 5.97 Å². The maximum Gasteiger partial charge on any atom is 0.348 e. The van der Waals surface area contributed by atoms with Crippen LogP contribution in [0.1, 0.15) is 15.2 Å². The summed E-state index contributed by atoms with van der Waals surface area (Å²) in [4.78, 5) is 45.3. The van der Waals surface area contributed by atoms with E-state index in [1.807, 2.05) is 0 Å². The average Bonchev–Trinajstić information content (AvgIpc) is 2.94. The number of thiophene rings is 1. The molecule has 2 aromatic rings. The van der Waals surface area contributed by atoms with Crippen LogP contribution in [0.3, 0.4) is 0 Å². The van der Waals surface area contributed by atoms with Crippen molar-refractivity contribution in [3.8, 4) is 0 Å². The van der Waals surface area contributed by atoms with Crippen molar-refractivity contribution in [1.82, 2.24) is 14.5 Å². The molecule has 1 aliphatic rings. The number of fused-ring (bicyclic) bond motifs is 1. The lowest BCUT2D eigenvalue weighted by Gasteiger charge is -2.30. The first-order valence-corrected chi connectivity index (χ1v) is 8.90. The summed E-state index contributed by atoms with van der Waals surface area (Å²) in [5.74, 6) is -0.570. The van der Waals surface area contributed by atoms with Crippen molar-refractivity contribution in [3.05, 3.63) is 27.1 Å². The fraction of sp³-hybridized carbons (Fsp3) is 0.500. The van der Waals surface area contributed by atoms with Gasteiger partial charge in [-0.3, -0.25) is 14.2 Å². The number of aromatic nitrogens is 2. The van der Waals surface area contributed by atoms with E-state index in [9.17, 15) is 14.4 Å². The molecule has 3 heterocycles. The molecular formula is C16H21N4O4S+. The van der Waals surface area contributed by atoms with E-state index in [0.29, 0.717) is 33.7 Å². The summed E-state index contributed by atoms with van der Waals surface area (Å²) in [5, 5.41) is 0.378. The summed E-state index contributed by atoms with van der Waals surface area (Å²) in [6, 6.07) is 0. The normalized spacial score (nSPS) is 15.6. The Labute approximate surface area is 148 Å². The van der Waals surface area contributed by atoms with Gasteiger partial charge in [0, 0.05) is 0 Å². The Morgan fingerprint density at radius 3 is 2.68 bits per heavy atom. The van der Waals surface area contributed by atoms with Crippen LogP contribution in [0.5, 0.6) is 0 Å². The summed E-state index contributed by atoms with van der Waals surface area (Å²) >= 11 is 1.13. The van der Waals surface area contributed by atoms with Crippen LogP contribution >= 0.6 is 11.3 Å². The zero-order valence-electron chi connectivity index (χ0n) is 14.5. The number of methoxy groups -OCH3 is 1. The van der Waals surface area contributed by atoms with Gasteiger partial charge in [0.1, 0.15) is 16.3 Å². The second-order valence-corrected chi connectivity index (χ2v) is 7.24. The van der Waals surface area contributed by atoms with Gasteiger partial charge in [0.05, 0.1) is 52.1 Å². The van der Waals surface area contributed by atoms with Crippen LogP contribution in [-0.2, 0) is 16.1 Å². The number of carbonyl (C=O) groups is 2. The van der Waals surface area contributed by atoms with Gasteiger partial charge in [-0.1, -0.05) is 0 Å². The van der Waals surface area contributed by atoms with Crippen LogP contribution in [0.2, 0.25) is 0 Å². The number of hydrogen-bond acceptors (Lipinski definition) is 6. The Kier molecular flexibility index (Phi) is 4.87. The molecule has 0 spiro atoms. The smallest absolute Gasteiger partial charge is 0.348 e. The highest BCUT2D eigenvalue weighted by Gasteiger charge is 2.23. The quantitative estimate of drug-likeness (QED) is 0.699. The first-order valence-electron chi connectivity index (χ1n) is 8.08. The Morgan fingerprint density at radius 1 is 1.36 bits per heavy atom. The van der Waals surface area contributed by atoms with Gasteiger partial charge < -0.3 is 14.5 Å². The molecule has 0 aliphatic carbocycles. The number of amides is 1. The number of nitrogens with one attached hydrogen (secondary N) is 1. The van der Waals surface area contributed by atoms with Gasteiger partial charge in [-0.05, 0) is 12.5 Å². The molecule has 134 valence electrons. The van der Waals surface area contributed by atoms with Crippen LogP contribution in [0.15, 0.2) is 11.1 Å². The molecule has 0 radical (unpaired) electrons. The van der Waals surface area contributed by atoms with Gasteiger partial charge in [0.2, 0.25) is 5.91 Å². The van der Waals surface area contributed by atoms with Crippen LogP contribution in [0.4, 0.5) is 0 Å². The minimum Gasteiger partial charge on any atom is -0.465 e. The highest BCUT2D eigenvalue weighted by molar-refractivity contribution is 7.20. The molecule has 3 rings (SSSR count). The van der Waals surface area contributed by atoms with Crippen LogP contribution in [0.25, 0.3) is 10.2 Å². The third-order valence-electron chi connectivity index (χ3n) is 4.56. The molecule has 25 heavy (non-hydrogen) atoms. The predicted molar refractivity (Wildman–Crippen MR) is 93.2 cm³/mol. The van der Waals surface area contributed by atoms with Crippen molar-refractivity contribution in [2.24, 2.45) is 0 Å². The molecule has 0 saturated carbocycles. The summed E-state index contributed by atoms with van der Waals surface area (Å²) in [6.45, 7) is 4.86. The molecule has 2 aromatic heterocycles. The molecule has 0 bridgehead atoms. The molecule has 1 fully saturated rings. The fourth-order valence-corrected chi connectivity index (χ4v) is 4.00. The number of rotatable bonds is 3. The summed E-state index contributed by atoms with van der Waals surface area (Å²) < 4.78 is 6.06. The minimum atomic E-state index is -0.484. The zero-order chi connectivity index (χ0) is 18.1. The first kappa shape index (κ1) is 17.6. The maximum atomic E-state index is 12.7. The number of ether oxygens (including phenoxy) is 1. The SMILES string of the molecule is COC(=O)c1sc2ncn(CC(=O)N3CC[NH+](C)CC3)c(=O)c2c1C. The standard InChI is InChI=1S/C16H20N4O4S/c1-10-12-14(25-13(10)16(23)24-3)17-9-20(15(12)22)8-11(21)19-6-4-18(2)5-7-19/h9H,4-8H2,1-3H3/p+1. The lowest BCUT2D eigenvalue weighted by Crippen LogP contribution is -3.12. The molecule has 0 unspecified atom stereocenters. The summed E-state index contributed by atoms with van der Waals surface area (Å²) in [6.07, 6.45) is 1.38. The molecule has 8 nitrogen and oxygen atoms in total.